The van der Waals surface area contributed by atoms with E-state index in [1.165, 1.54) is 0 Å². The third-order valence-corrected chi connectivity index (χ3v) is 1.89. The van der Waals surface area contributed by atoms with Crippen LogP contribution in [0.15, 0.2) is 18.2 Å². The molecule has 1 rings (SSSR count). The van der Waals surface area contributed by atoms with Crippen molar-refractivity contribution in [2.75, 3.05) is 6.61 Å². The highest BCUT2D eigenvalue weighted by atomic mass is 19.3. The molecule has 0 heterocycles. The number of benzene rings is 1. The van der Waals surface area contributed by atoms with Crippen molar-refractivity contribution < 1.29 is 33.0 Å². The van der Waals surface area contributed by atoms with Gasteiger partial charge in [-0.3, -0.25) is 0 Å². The number of carboxylic acid groups (broad SMARTS) is 1. The molecule has 0 amide bonds. The molecule has 0 aromatic heterocycles. The topological polar surface area (TPSA) is 72.8 Å². The van der Waals surface area contributed by atoms with Gasteiger partial charge in [0.1, 0.15) is 5.75 Å². The Morgan fingerprint density at radius 3 is 2.39 bits per heavy atom. The first kappa shape index (κ1) is 13.9. The van der Waals surface area contributed by atoms with Gasteiger partial charge in [0.05, 0.1) is 17.7 Å². The Balaban J connectivity index is 3.13. The zero-order valence-corrected chi connectivity index (χ0v) is 9.35. The summed E-state index contributed by atoms with van der Waals surface area (Å²) in [5, 5.41) is 8.78. The van der Waals surface area contributed by atoms with Crippen LogP contribution in [0.1, 0.15) is 27.6 Å². The molecule has 1 aromatic carbocycles. The van der Waals surface area contributed by atoms with Crippen LogP contribution in [-0.4, -0.2) is 30.3 Å². The van der Waals surface area contributed by atoms with Crippen molar-refractivity contribution in [3.05, 3.63) is 29.3 Å². The molecule has 0 spiro atoms. The van der Waals surface area contributed by atoms with E-state index in [0.29, 0.717) is 0 Å². The van der Waals surface area contributed by atoms with Crippen LogP contribution in [0.4, 0.5) is 8.78 Å². The summed E-state index contributed by atoms with van der Waals surface area (Å²) < 4.78 is 32.8. The minimum absolute atomic E-state index is 0.0845. The first-order chi connectivity index (χ1) is 8.43. The highest BCUT2D eigenvalue weighted by Crippen LogP contribution is 2.20. The molecule has 0 bridgehead atoms. The van der Waals surface area contributed by atoms with Gasteiger partial charge in [-0.15, -0.1) is 0 Å². The van der Waals surface area contributed by atoms with Gasteiger partial charge in [0, 0.05) is 0 Å². The van der Waals surface area contributed by atoms with Crippen molar-refractivity contribution in [2.45, 2.75) is 13.5 Å². The molecule has 18 heavy (non-hydrogen) atoms. The third-order valence-electron chi connectivity index (χ3n) is 1.89. The van der Waals surface area contributed by atoms with E-state index in [9.17, 15) is 18.4 Å². The monoisotopic (exact) mass is 260 g/mol. The molecule has 98 valence electrons. The van der Waals surface area contributed by atoms with Gasteiger partial charge in [0.15, 0.2) is 0 Å². The van der Waals surface area contributed by atoms with Crippen molar-refractivity contribution in [1.82, 2.24) is 0 Å². The fourth-order valence-corrected chi connectivity index (χ4v) is 1.23. The molecule has 0 atom stereocenters. The number of rotatable bonds is 5. The Labute approximate surface area is 101 Å². The zero-order chi connectivity index (χ0) is 13.7. The van der Waals surface area contributed by atoms with Gasteiger partial charge >= 0.3 is 18.6 Å². The summed E-state index contributed by atoms with van der Waals surface area (Å²) in [6, 6.07) is 2.92. The highest BCUT2D eigenvalue weighted by molar-refractivity contribution is 5.95. The van der Waals surface area contributed by atoms with Crippen molar-refractivity contribution in [2.24, 2.45) is 0 Å². The van der Waals surface area contributed by atoms with Crippen LogP contribution >= 0.6 is 0 Å². The maximum atomic E-state index is 12.0. The molecule has 0 fully saturated rings. The van der Waals surface area contributed by atoms with Crippen LogP contribution in [0.25, 0.3) is 0 Å². The second kappa shape index (κ2) is 5.95. The van der Waals surface area contributed by atoms with Gasteiger partial charge in [0.2, 0.25) is 0 Å². The number of hydrogen-bond donors (Lipinski definition) is 1. The summed E-state index contributed by atoms with van der Waals surface area (Å²) in [6.07, 6.45) is 0. The van der Waals surface area contributed by atoms with Crippen LogP contribution in [0.2, 0.25) is 0 Å². The first-order valence-electron chi connectivity index (χ1n) is 4.94. The number of carbonyl (C=O) groups is 2. The van der Waals surface area contributed by atoms with Crippen LogP contribution in [-0.2, 0) is 4.74 Å². The summed E-state index contributed by atoms with van der Waals surface area (Å²) in [6.45, 7) is -1.46. The molecule has 7 heteroatoms. The zero-order valence-electron chi connectivity index (χ0n) is 9.35. The third kappa shape index (κ3) is 3.69. The molecule has 5 nitrogen and oxygen atoms in total. The predicted molar refractivity (Wildman–Crippen MR) is 56.0 cm³/mol. The Bertz CT molecular complexity index is 459. The Morgan fingerprint density at radius 2 is 1.89 bits per heavy atom. The molecular weight excluding hydrogens is 250 g/mol. The number of hydrogen-bond acceptors (Lipinski definition) is 4. The van der Waals surface area contributed by atoms with Gasteiger partial charge in [-0.1, -0.05) is 0 Å². The number of aromatic carboxylic acids is 1. The van der Waals surface area contributed by atoms with Crippen molar-refractivity contribution in [3.8, 4) is 5.75 Å². The number of alkyl halides is 2. The Kier molecular flexibility index (Phi) is 4.59. The van der Waals surface area contributed by atoms with E-state index >= 15 is 0 Å². The number of esters is 1. The fraction of sp³-hybridized carbons (Fsp3) is 0.273. The fourth-order valence-electron chi connectivity index (χ4n) is 1.23. The lowest BCUT2D eigenvalue weighted by Crippen LogP contribution is -2.09. The van der Waals surface area contributed by atoms with Crippen LogP contribution in [0.3, 0.4) is 0 Å². The average Bonchev–Trinajstić information content (AvgIpc) is 2.27. The maximum Gasteiger partial charge on any atom is 0.387 e. The number of halogens is 2. The maximum absolute atomic E-state index is 12.0. The normalized spacial score (nSPS) is 10.2. The first-order valence-corrected chi connectivity index (χ1v) is 4.94. The summed E-state index contributed by atoms with van der Waals surface area (Å²) >= 11 is 0. The second-order valence-electron chi connectivity index (χ2n) is 3.15. The Hall–Kier alpha value is -2.18. The van der Waals surface area contributed by atoms with Gasteiger partial charge in [-0.25, -0.2) is 9.59 Å². The number of carbonyl (C=O) groups excluding carboxylic acids is 1. The predicted octanol–water partition coefficient (Wildman–Crippen LogP) is 2.16. The van der Waals surface area contributed by atoms with Gasteiger partial charge in [0.25, 0.3) is 0 Å². The van der Waals surface area contributed by atoms with Gasteiger partial charge < -0.3 is 14.6 Å². The molecule has 0 saturated carbocycles. The van der Waals surface area contributed by atoms with Crippen molar-refractivity contribution in [1.29, 1.82) is 0 Å². The Morgan fingerprint density at radius 1 is 1.28 bits per heavy atom. The van der Waals surface area contributed by atoms with E-state index in [2.05, 4.69) is 9.47 Å². The lowest BCUT2D eigenvalue weighted by molar-refractivity contribution is -0.0500. The lowest BCUT2D eigenvalue weighted by Gasteiger charge is -2.08. The van der Waals surface area contributed by atoms with E-state index in [1.807, 2.05) is 0 Å². The number of carboxylic acids is 1. The molecule has 1 N–H and O–H groups in total. The summed E-state index contributed by atoms with van der Waals surface area (Å²) in [5.41, 5.74) is -0.497. The molecule has 0 aliphatic rings. The van der Waals surface area contributed by atoms with E-state index in [4.69, 9.17) is 5.11 Å². The average molecular weight is 260 g/mol. The molecule has 0 aliphatic heterocycles. The van der Waals surface area contributed by atoms with E-state index < -0.39 is 24.3 Å². The molecule has 1 aromatic rings. The smallest absolute Gasteiger partial charge is 0.387 e. The SMILES string of the molecule is CCOC(=O)c1cc(OC(F)F)cc(C(=O)O)c1. The van der Waals surface area contributed by atoms with Crippen molar-refractivity contribution >= 4 is 11.9 Å². The molecule has 0 unspecified atom stereocenters. The van der Waals surface area contributed by atoms with Gasteiger partial charge in [-0.05, 0) is 25.1 Å². The largest absolute Gasteiger partial charge is 0.478 e. The van der Waals surface area contributed by atoms with Crippen LogP contribution in [0, 0.1) is 0 Å². The lowest BCUT2D eigenvalue weighted by atomic mass is 10.1. The summed E-state index contributed by atoms with van der Waals surface area (Å²) in [5.74, 6) is -2.58. The molecular formula is C11H10F2O5. The van der Waals surface area contributed by atoms with Gasteiger partial charge in [-0.2, -0.15) is 8.78 Å². The standard InChI is InChI=1S/C11H10F2O5/c1-2-17-10(16)7-3-6(9(14)15)4-8(5-7)18-11(12)13/h3-5,11H,2H2,1H3,(H,14,15). The number of ether oxygens (including phenoxy) is 2. The van der Waals surface area contributed by atoms with Crippen LogP contribution in [0.5, 0.6) is 5.75 Å². The summed E-state index contributed by atoms with van der Waals surface area (Å²) in [7, 11) is 0. The summed E-state index contributed by atoms with van der Waals surface area (Å²) in [4.78, 5) is 22.2. The minimum atomic E-state index is -3.11. The van der Waals surface area contributed by atoms with E-state index in [-0.39, 0.29) is 17.7 Å². The molecule has 0 saturated heterocycles. The van der Waals surface area contributed by atoms with Crippen molar-refractivity contribution in [3.63, 3.8) is 0 Å². The van der Waals surface area contributed by atoms with E-state index in [0.717, 1.165) is 18.2 Å². The molecule has 0 aliphatic carbocycles. The minimum Gasteiger partial charge on any atom is -0.478 e. The molecule has 0 radical (unpaired) electrons. The highest BCUT2D eigenvalue weighted by Gasteiger charge is 2.15. The van der Waals surface area contributed by atoms with E-state index in [1.54, 1.807) is 6.92 Å². The van der Waals surface area contributed by atoms with Crippen LogP contribution < -0.4 is 4.74 Å². The quantitative estimate of drug-likeness (QED) is 0.821. The second-order valence-corrected chi connectivity index (χ2v) is 3.15.